The predicted molar refractivity (Wildman–Crippen MR) is 64.9 cm³/mol. The second kappa shape index (κ2) is 4.61. The first kappa shape index (κ1) is 13.5. The zero-order chi connectivity index (χ0) is 13.4. The van der Waals surface area contributed by atoms with Crippen molar-refractivity contribution in [2.75, 3.05) is 13.1 Å². The Hall–Kier alpha value is -0.960. The number of aliphatic carboxylic acids is 1. The van der Waals surface area contributed by atoms with Crippen LogP contribution < -0.4 is 0 Å². The first-order chi connectivity index (χ1) is 8.36. The number of piperidine rings is 1. The SMILES string of the molecule is O=C(O)C1(O)CCN(S(=O)(=O)c2cccs2)CC1. The zero-order valence-electron chi connectivity index (χ0n) is 9.44. The molecule has 1 fully saturated rings. The molecule has 0 radical (unpaired) electrons. The molecule has 0 saturated carbocycles. The summed E-state index contributed by atoms with van der Waals surface area (Å²) in [6, 6.07) is 3.16. The molecular formula is C10H13NO5S2. The van der Waals surface area contributed by atoms with E-state index in [0.717, 1.165) is 11.3 Å². The lowest BCUT2D eigenvalue weighted by Gasteiger charge is -2.34. The van der Waals surface area contributed by atoms with E-state index in [9.17, 15) is 18.3 Å². The third kappa shape index (κ3) is 2.28. The molecule has 0 bridgehead atoms. The standard InChI is InChI=1S/C10H13NO5S2/c12-9(13)10(14)3-5-11(6-4-10)18(15,16)8-2-1-7-17-8/h1-2,7,14H,3-6H2,(H,12,13). The summed E-state index contributed by atoms with van der Waals surface area (Å²) >= 11 is 1.12. The van der Waals surface area contributed by atoms with Gasteiger partial charge < -0.3 is 10.2 Å². The zero-order valence-corrected chi connectivity index (χ0v) is 11.1. The number of carboxylic acids is 1. The van der Waals surface area contributed by atoms with Crippen LogP contribution in [0.1, 0.15) is 12.8 Å². The van der Waals surface area contributed by atoms with Gasteiger partial charge in [0.15, 0.2) is 5.60 Å². The number of thiophene rings is 1. The summed E-state index contributed by atoms with van der Waals surface area (Å²) in [6.45, 7) is 0.0338. The highest BCUT2D eigenvalue weighted by Crippen LogP contribution is 2.28. The van der Waals surface area contributed by atoms with Gasteiger partial charge in [-0.1, -0.05) is 6.07 Å². The normalized spacial score (nSPS) is 20.7. The van der Waals surface area contributed by atoms with E-state index in [-0.39, 0.29) is 30.1 Å². The minimum atomic E-state index is -3.55. The van der Waals surface area contributed by atoms with E-state index >= 15 is 0 Å². The lowest BCUT2D eigenvalue weighted by Crippen LogP contribution is -2.50. The van der Waals surface area contributed by atoms with Crippen LogP contribution >= 0.6 is 11.3 Å². The van der Waals surface area contributed by atoms with Crippen molar-refractivity contribution in [3.05, 3.63) is 17.5 Å². The average Bonchev–Trinajstić information content (AvgIpc) is 2.83. The molecule has 0 atom stereocenters. The summed E-state index contributed by atoms with van der Waals surface area (Å²) < 4.78 is 25.7. The Labute approximate surface area is 109 Å². The van der Waals surface area contributed by atoms with Crippen LogP contribution in [0.2, 0.25) is 0 Å². The monoisotopic (exact) mass is 291 g/mol. The second-order valence-corrected chi connectivity index (χ2v) is 7.29. The minimum absolute atomic E-state index is 0.0169. The molecule has 1 aliphatic heterocycles. The Kier molecular flexibility index (Phi) is 3.45. The summed E-state index contributed by atoms with van der Waals surface area (Å²) in [4.78, 5) is 10.8. The summed E-state index contributed by atoms with van der Waals surface area (Å²) in [7, 11) is -3.55. The lowest BCUT2D eigenvalue weighted by atomic mass is 9.93. The van der Waals surface area contributed by atoms with E-state index in [1.807, 2.05) is 0 Å². The predicted octanol–water partition coefficient (Wildman–Crippen LogP) is 0.348. The van der Waals surface area contributed by atoms with E-state index in [2.05, 4.69) is 0 Å². The second-order valence-electron chi connectivity index (χ2n) is 4.17. The van der Waals surface area contributed by atoms with E-state index < -0.39 is 21.6 Å². The number of hydrogen-bond acceptors (Lipinski definition) is 5. The number of aliphatic hydroxyl groups is 1. The third-order valence-electron chi connectivity index (χ3n) is 3.04. The lowest BCUT2D eigenvalue weighted by molar-refractivity contribution is -0.162. The molecule has 1 aromatic rings. The first-order valence-electron chi connectivity index (χ1n) is 5.36. The molecule has 0 spiro atoms. The number of nitrogens with zero attached hydrogens (tertiary/aromatic N) is 1. The molecule has 8 heteroatoms. The molecular weight excluding hydrogens is 278 g/mol. The van der Waals surface area contributed by atoms with Gasteiger partial charge in [-0.05, 0) is 11.4 Å². The topological polar surface area (TPSA) is 94.9 Å². The van der Waals surface area contributed by atoms with Crippen LogP contribution in [0, 0.1) is 0 Å². The smallest absolute Gasteiger partial charge is 0.335 e. The Morgan fingerprint density at radius 3 is 2.44 bits per heavy atom. The number of hydrogen-bond donors (Lipinski definition) is 2. The van der Waals surface area contributed by atoms with E-state index in [1.165, 1.54) is 10.4 Å². The molecule has 18 heavy (non-hydrogen) atoms. The van der Waals surface area contributed by atoms with Crippen LogP contribution in [0.4, 0.5) is 0 Å². The van der Waals surface area contributed by atoms with Crippen LogP contribution in [0.3, 0.4) is 0 Å². The molecule has 1 aliphatic rings. The molecule has 2 heterocycles. The molecule has 2 rings (SSSR count). The Morgan fingerprint density at radius 1 is 1.39 bits per heavy atom. The Balaban J connectivity index is 2.14. The van der Waals surface area contributed by atoms with Gasteiger partial charge in [-0.15, -0.1) is 11.3 Å². The molecule has 6 nitrogen and oxygen atoms in total. The molecule has 0 unspecified atom stereocenters. The number of rotatable bonds is 3. The van der Waals surface area contributed by atoms with Crippen molar-refractivity contribution >= 4 is 27.3 Å². The maximum Gasteiger partial charge on any atom is 0.335 e. The van der Waals surface area contributed by atoms with Crippen molar-refractivity contribution in [2.24, 2.45) is 0 Å². The fourth-order valence-electron chi connectivity index (χ4n) is 1.85. The van der Waals surface area contributed by atoms with E-state index in [1.54, 1.807) is 11.4 Å². The molecule has 2 N–H and O–H groups in total. The fourth-order valence-corrected chi connectivity index (χ4v) is 4.43. The van der Waals surface area contributed by atoms with Crippen molar-refractivity contribution in [2.45, 2.75) is 22.7 Å². The quantitative estimate of drug-likeness (QED) is 0.838. The molecule has 1 aromatic heterocycles. The van der Waals surface area contributed by atoms with Crippen molar-refractivity contribution in [3.8, 4) is 0 Å². The van der Waals surface area contributed by atoms with Crippen molar-refractivity contribution < 1.29 is 23.4 Å². The summed E-state index contributed by atoms with van der Waals surface area (Å²) in [5.74, 6) is -1.30. The highest BCUT2D eigenvalue weighted by atomic mass is 32.2. The third-order valence-corrected chi connectivity index (χ3v) is 6.31. The van der Waals surface area contributed by atoms with Gasteiger partial charge in [-0.25, -0.2) is 13.2 Å². The van der Waals surface area contributed by atoms with E-state index in [4.69, 9.17) is 5.11 Å². The van der Waals surface area contributed by atoms with Gasteiger partial charge in [0.1, 0.15) is 4.21 Å². The van der Waals surface area contributed by atoms with Gasteiger partial charge in [0.2, 0.25) is 0 Å². The maximum atomic E-state index is 12.1. The molecule has 0 amide bonds. The van der Waals surface area contributed by atoms with Crippen LogP contribution in [-0.4, -0.2) is 47.6 Å². The molecule has 0 aliphatic carbocycles. The number of sulfonamides is 1. The van der Waals surface area contributed by atoms with Crippen LogP contribution in [0.15, 0.2) is 21.7 Å². The summed E-state index contributed by atoms with van der Waals surface area (Å²) in [5, 5.41) is 20.3. The highest BCUT2D eigenvalue weighted by molar-refractivity contribution is 7.91. The fraction of sp³-hybridized carbons (Fsp3) is 0.500. The Bertz CT molecular complexity index is 529. The van der Waals surface area contributed by atoms with Crippen molar-refractivity contribution in [1.82, 2.24) is 4.31 Å². The molecule has 100 valence electrons. The minimum Gasteiger partial charge on any atom is -0.479 e. The van der Waals surface area contributed by atoms with Crippen molar-refractivity contribution in [1.29, 1.82) is 0 Å². The highest BCUT2D eigenvalue weighted by Gasteiger charge is 2.42. The van der Waals surface area contributed by atoms with E-state index in [0.29, 0.717) is 0 Å². The van der Waals surface area contributed by atoms with Gasteiger partial charge in [0, 0.05) is 25.9 Å². The first-order valence-corrected chi connectivity index (χ1v) is 7.68. The molecule has 0 aromatic carbocycles. The Morgan fingerprint density at radius 2 is 2.00 bits per heavy atom. The van der Waals surface area contributed by atoms with Gasteiger partial charge >= 0.3 is 5.97 Å². The molecule has 1 saturated heterocycles. The van der Waals surface area contributed by atoms with Gasteiger partial charge in [-0.2, -0.15) is 4.31 Å². The van der Waals surface area contributed by atoms with Gasteiger partial charge in [0.05, 0.1) is 0 Å². The van der Waals surface area contributed by atoms with Crippen LogP contribution in [-0.2, 0) is 14.8 Å². The van der Waals surface area contributed by atoms with Crippen molar-refractivity contribution in [3.63, 3.8) is 0 Å². The summed E-state index contributed by atoms with van der Waals surface area (Å²) in [5.41, 5.74) is -1.80. The van der Waals surface area contributed by atoms with Crippen LogP contribution in [0.5, 0.6) is 0 Å². The number of carbonyl (C=O) groups is 1. The maximum absolute atomic E-state index is 12.1. The van der Waals surface area contributed by atoms with Crippen LogP contribution in [0.25, 0.3) is 0 Å². The van der Waals surface area contributed by atoms with Gasteiger partial charge in [0.25, 0.3) is 10.0 Å². The van der Waals surface area contributed by atoms with Gasteiger partial charge in [-0.3, -0.25) is 0 Å². The average molecular weight is 291 g/mol. The summed E-state index contributed by atoms with van der Waals surface area (Å²) in [6.07, 6.45) is -0.181. The largest absolute Gasteiger partial charge is 0.479 e. The number of carboxylic acid groups (broad SMARTS) is 1.